The SMILES string of the molecule is C[C@]12CCC[C@@H]1[C@@H]1C(=O)C[C@H]3C[C@H](F)CC[C@]3(C)[C@@H]1CC2. The molecule has 0 aliphatic heterocycles. The van der Waals surface area contributed by atoms with Crippen molar-refractivity contribution in [1.29, 1.82) is 0 Å². The number of hydrogen-bond donors (Lipinski definition) is 0. The average molecular weight is 292 g/mol. The monoisotopic (exact) mass is 292 g/mol. The summed E-state index contributed by atoms with van der Waals surface area (Å²) in [6, 6.07) is 0. The minimum atomic E-state index is -0.659. The van der Waals surface area contributed by atoms with Gasteiger partial charge in [0.2, 0.25) is 0 Å². The maximum absolute atomic E-state index is 13.8. The lowest BCUT2D eigenvalue weighted by molar-refractivity contribution is -0.156. The molecule has 0 amide bonds. The average Bonchev–Trinajstić information content (AvgIpc) is 2.82. The largest absolute Gasteiger partial charge is 0.299 e. The molecule has 4 rings (SSSR count). The summed E-state index contributed by atoms with van der Waals surface area (Å²) in [4.78, 5) is 12.9. The third kappa shape index (κ3) is 1.90. The number of ketones is 1. The number of Topliss-reactive ketones (excluding diaryl/α,β-unsaturated/α-hetero) is 1. The van der Waals surface area contributed by atoms with E-state index in [-0.39, 0.29) is 5.41 Å². The second kappa shape index (κ2) is 4.55. The van der Waals surface area contributed by atoms with Crippen LogP contribution in [0, 0.1) is 34.5 Å². The Balaban J connectivity index is 1.69. The topological polar surface area (TPSA) is 17.1 Å². The van der Waals surface area contributed by atoms with Gasteiger partial charge < -0.3 is 0 Å². The summed E-state index contributed by atoms with van der Waals surface area (Å²) < 4.78 is 13.8. The molecule has 4 aliphatic rings. The lowest BCUT2D eigenvalue weighted by Crippen LogP contribution is -2.56. The summed E-state index contributed by atoms with van der Waals surface area (Å²) in [5.74, 6) is 2.30. The molecular formula is C19H29FO. The molecule has 4 aliphatic carbocycles. The fourth-order valence-corrected chi connectivity index (χ4v) is 6.87. The molecule has 0 N–H and O–H groups in total. The van der Waals surface area contributed by atoms with Crippen LogP contribution in [0.25, 0.3) is 0 Å². The van der Waals surface area contributed by atoms with Crippen LogP contribution in [-0.2, 0) is 4.79 Å². The molecule has 1 nitrogen and oxygen atoms in total. The highest BCUT2D eigenvalue weighted by Crippen LogP contribution is 2.65. The van der Waals surface area contributed by atoms with Gasteiger partial charge in [-0.15, -0.1) is 0 Å². The van der Waals surface area contributed by atoms with Crippen LogP contribution in [-0.4, -0.2) is 12.0 Å². The smallest absolute Gasteiger partial charge is 0.136 e. The third-order valence-electron chi connectivity index (χ3n) is 8.19. The molecule has 0 bridgehead atoms. The van der Waals surface area contributed by atoms with Crippen LogP contribution in [0.5, 0.6) is 0 Å². The molecule has 0 spiro atoms. The van der Waals surface area contributed by atoms with Crippen LogP contribution in [0.4, 0.5) is 4.39 Å². The van der Waals surface area contributed by atoms with Gasteiger partial charge in [0.25, 0.3) is 0 Å². The number of rotatable bonds is 0. The van der Waals surface area contributed by atoms with Gasteiger partial charge >= 0.3 is 0 Å². The van der Waals surface area contributed by atoms with Crippen LogP contribution >= 0.6 is 0 Å². The fourth-order valence-electron chi connectivity index (χ4n) is 6.87. The maximum atomic E-state index is 13.8. The first-order valence-corrected chi connectivity index (χ1v) is 9.11. The van der Waals surface area contributed by atoms with Crippen LogP contribution < -0.4 is 0 Å². The van der Waals surface area contributed by atoms with E-state index in [1.807, 2.05) is 0 Å². The van der Waals surface area contributed by atoms with Crippen molar-refractivity contribution in [3.63, 3.8) is 0 Å². The first-order valence-electron chi connectivity index (χ1n) is 9.11. The van der Waals surface area contributed by atoms with Gasteiger partial charge in [-0.1, -0.05) is 20.3 Å². The van der Waals surface area contributed by atoms with E-state index in [2.05, 4.69) is 13.8 Å². The van der Waals surface area contributed by atoms with Crippen molar-refractivity contribution in [1.82, 2.24) is 0 Å². The van der Waals surface area contributed by atoms with Crippen molar-refractivity contribution in [3.05, 3.63) is 0 Å². The van der Waals surface area contributed by atoms with Crippen molar-refractivity contribution in [2.75, 3.05) is 0 Å². The minimum absolute atomic E-state index is 0.241. The fraction of sp³-hybridized carbons (Fsp3) is 0.947. The zero-order valence-corrected chi connectivity index (χ0v) is 13.5. The van der Waals surface area contributed by atoms with Crippen molar-refractivity contribution < 1.29 is 9.18 Å². The first-order chi connectivity index (χ1) is 9.94. The van der Waals surface area contributed by atoms with E-state index in [0.29, 0.717) is 47.7 Å². The van der Waals surface area contributed by atoms with Gasteiger partial charge in [0, 0.05) is 12.3 Å². The second-order valence-corrected chi connectivity index (χ2v) is 9.07. The van der Waals surface area contributed by atoms with E-state index >= 15 is 0 Å². The van der Waals surface area contributed by atoms with Crippen molar-refractivity contribution in [3.8, 4) is 0 Å². The Kier molecular flexibility index (Phi) is 3.08. The number of hydrogen-bond acceptors (Lipinski definition) is 1. The Morgan fingerprint density at radius 3 is 2.67 bits per heavy atom. The van der Waals surface area contributed by atoms with Crippen molar-refractivity contribution in [2.24, 2.45) is 34.5 Å². The molecule has 0 aromatic rings. The molecule has 21 heavy (non-hydrogen) atoms. The highest BCUT2D eigenvalue weighted by Gasteiger charge is 2.60. The highest BCUT2D eigenvalue weighted by molar-refractivity contribution is 5.83. The normalized spacial score (nSPS) is 56.5. The van der Waals surface area contributed by atoms with E-state index in [1.165, 1.54) is 32.1 Å². The summed E-state index contributed by atoms with van der Waals surface area (Å²) in [6.45, 7) is 4.83. The number of carbonyl (C=O) groups excluding carboxylic acids is 1. The number of fused-ring (bicyclic) bond motifs is 5. The third-order valence-corrected chi connectivity index (χ3v) is 8.19. The Bertz CT molecular complexity index is 460. The summed E-state index contributed by atoms with van der Waals surface area (Å²) in [6.07, 6.45) is 8.80. The lowest BCUT2D eigenvalue weighted by atomic mass is 9.45. The Labute approximate surface area is 128 Å². The second-order valence-electron chi connectivity index (χ2n) is 9.07. The van der Waals surface area contributed by atoms with Crippen LogP contribution in [0.15, 0.2) is 0 Å². The van der Waals surface area contributed by atoms with Crippen LogP contribution in [0.2, 0.25) is 0 Å². The van der Waals surface area contributed by atoms with E-state index in [1.54, 1.807) is 0 Å². The Morgan fingerprint density at radius 1 is 1.05 bits per heavy atom. The summed E-state index contributed by atoms with van der Waals surface area (Å²) >= 11 is 0. The molecular weight excluding hydrogens is 263 g/mol. The van der Waals surface area contributed by atoms with Gasteiger partial charge in [0.15, 0.2) is 0 Å². The van der Waals surface area contributed by atoms with Gasteiger partial charge in [-0.25, -0.2) is 4.39 Å². The van der Waals surface area contributed by atoms with E-state index < -0.39 is 6.17 Å². The first kappa shape index (κ1) is 14.2. The van der Waals surface area contributed by atoms with Gasteiger partial charge in [0.1, 0.15) is 12.0 Å². The van der Waals surface area contributed by atoms with Crippen molar-refractivity contribution in [2.45, 2.75) is 77.8 Å². The van der Waals surface area contributed by atoms with Crippen molar-refractivity contribution >= 4 is 5.78 Å². The van der Waals surface area contributed by atoms with Crippen LogP contribution in [0.1, 0.15) is 71.6 Å². The lowest BCUT2D eigenvalue weighted by Gasteiger charge is -2.59. The summed E-state index contributed by atoms with van der Waals surface area (Å²) in [5, 5.41) is 0. The molecule has 0 unspecified atom stereocenters. The van der Waals surface area contributed by atoms with Gasteiger partial charge in [-0.2, -0.15) is 0 Å². The number of alkyl halides is 1. The quantitative estimate of drug-likeness (QED) is 0.618. The molecule has 4 saturated carbocycles. The Morgan fingerprint density at radius 2 is 1.86 bits per heavy atom. The molecule has 118 valence electrons. The molecule has 2 heteroatoms. The predicted molar refractivity (Wildman–Crippen MR) is 81.6 cm³/mol. The minimum Gasteiger partial charge on any atom is -0.299 e. The molecule has 0 heterocycles. The highest BCUT2D eigenvalue weighted by atomic mass is 19.1. The zero-order chi connectivity index (χ0) is 14.8. The molecule has 0 aromatic carbocycles. The molecule has 0 saturated heterocycles. The Hall–Kier alpha value is -0.400. The summed E-state index contributed by atoms with van der Waals surface area (Å²) in [5.41, 5.74) is 0.669. The predicted octanol–water partition coefficient (Wildman–Crippen LogP) is 4.94. The van der Waals surface area contributed by atoms with E-state index in [0.717, 1.165) is 12.8 Å². The van der Waals surface area contributed by atoms with E-state index in [4.69, 9.17) is 0 Å². The molecule has 0 radical (unpaired) electrons. The summed E-state index contributed by atoms with van der Waals surface area (Å²) in [7, 11) is 0. The molecule has 7 atom stereocenters. The standard InChI is InChI=1S/C19H29FO/c1-18-7-3-4-14(18)17-15(6-8-18)19(2)9-5-13(20)10-12(19)11-16(17)21/h12-15,17H,3-11H2,1-2H3/t12-,13-,14-,15-,17+,18-,19+/m1/s1. The zero-order valence-electron chi connectivity index (χ0n) is 13.5. The van der Waals surface area contributed by atoms with Crippen LogP contribution in [0.3, 0.4) is 0 Å². The maximum Gasteiger partial charge on any atom is 0.136 e. The molecule has 0 aromatic heterocycles. The van der Waals surface area contributed by atoms with Gasteiger partial charge in [-0.05, 0) is 73.5 Å². The number of halogens is 1. The van der Waals surface area contributed by atoms with Gasteiger partial charge in [0.05, 0.1) is 0 Å². The molecule has 4 fully saturated rings. The van der Waals surface area contributed by atoms with E-state index in [9.17, 15) is 9.18 Å². The van der Waals surface area contributed by atoms with Gasteiger partial charge in [-0.3, -0.25) is 4.79 Å². The number of carbonyl (C=O) groups is 1.